The van der Waals surface area contributed by atoms with Gasteiger partial charge in [-0.2, -0.15) is 0 Å². The van der Waals surface area contributed by atoms with Crippen LogP contribution in [-0.4, -0.2) is 47.8 Å². The lowest BCUT2D eigenvalue weighted by molar-refractivity contribution is 0.0552. The van der Waals surface area contributed by atoms with Gasteiger partial charge in [0.05, 0.1) is 6.10 Å². The maximum Gasteiger partial charge on any atom is 0.0831 e. The van der Waals surface area contributed by atoms with E-state index in [-0.39, 0.29) is 6.10 Å². The van der Waals surface area contributed by atoms with Gasteiger partial charge in [-0.25, -0.2) is 0 Å². The first-order chi connectivity index (χ1) is 6.52. The number of β-amino-alcohol motifs (C(OH)–C–C–N with tert-alkyl or cyclic N) is 1. The average molecular weight is 200 g/mol. The van der Waals surface area contributed by atoms with Crippen molar-refractivity contribution in [3.63, 3.8) is 0 Å². The van der Waals surface area contributed by atoms with Gasteiger partial charge in [-0.3, -0.25) is 4.90 Å². The van der Waals surface area contributed by atoms with Crippen molar-refractivity contribution >= 4 is 0 Å². The number of nitrogens with zero attached hydrogens (tertiary/aromatic N) is 1. The fourth-order valence-electron chi connectivity index (χ4n) is 2.14. The van der Waals surface area contributed by atoms with Gasteiger partial charge in [-0.15, -0.1) is 0 Å². The van der Waals surface area contributed by atoms with Crippen molar-refractivity contribution in [1.82, 2.24) is 10.2 Å². The van der Waals surface area contributed by atoms with Crippen LogP contribution in [0.5, 0.6) is 0 Å². The minimum atomic E-state index is -0.198. The predicted octanol–water partition coefficient (Wildman–Crippen LogP) is 0.685. The number of hydrogen-bond acceptors (Lipinski definition) is 3. The standard InChI is InChI=1S/C11H24N2O/c1-8(2)7-13(9(3)4)10-5-12-6-11(10)14/h8-12,14H,5-7H2,1-4H3. The van der Waals surface area contributed by atoms with E-state index in [1.165, 1.54) is 0 Å². The molecule has 1 heterocycles. The molecule has 1 aliphatic heterocycles. The van der Waals surface area contributed by atoms with Gasteiger partial charge in [-0.05, 0) is 19.8 Å². The zero-order valence-corrected chi connectivity index (χ0v) is 9.83. The summed E-state index contributed by atoms with van der Waals surface area (Å²) in [5.41, 5.74) is 0. The highest BCUT2D eigenvalue weighted by Gasteiger charge is 2.31. The molecule has 14 heavy (non-hydrogen) atoms. The van der Waals surface area contributed by atoms with Gasteiger partial charge in [0.2, 0.25) is 0 Å². The molecule has 1 fully saturated rings. The average Bonchev–Trinajstić information content (AvgIpc) is 2.46. The van der Waals surface area contributed by atoms with Crippen LogP contribution in [0.1, 0.15) is 27.7 Å². The SMILES string of the molecule is CC(C)CN(C(C)C)C1CNCC1O. The number of aliphatic hydroxyl groups excluding tert-OH is 1. The van der Waals surface area contributed by atoms with Crippen LogP contribution in [0.2, 0.25) is 0 Å². The van der Waals surface area contributed by atoms with Gasteiger partial charge in [0, 0.05) is 31.7 Å². The van der Waals surface area contributed by atoms with E-state index >= 15 is 0 Å². The highest BCUT2D eigenvalue weighted by molar-refractivity contribution is 4.90. The summed E-state index contributed by atoms with van der Waals surface area (Å²) in [7, 11) is 0. The Morgan fingerprint density at radius 2 is 1.93 bits per heavy atom. The third kappa shape index (κ3) is 2.94. The van der Waals surface area contributed by atoms with E-state index in [1.54, 1.807) is 0 Å². The second-order valence-electron chi connectivity index (χ2n) is 4.98. The zero-order chi connectivity index (χ0) is 10.7. The van der Waals surface area contributed by atoms with Gasteiger partial charge in [0.1, 0.15) is 0 Å². The van der Waals surface area contributed by atoms with Gasteiger partial charge in [0.15, 0.2) is 0 Å². The quantitative estimate of drug-likeness (QED) is 0.701. The van der Waals surface area contributed by atoms with Crippen LogP contribution >= 0.6 is 0 Å². The molecule has 2 N–H and O–H groups in total. The van der Waals surface area contributed by atoms with Crippen molar-refractivity contribution in [2.45, 2.75) is 45.9 Å². The molecular weight excluding hydrogens is 176 g/mol. The summed E-state index contributed by atoms with van der Waals surface area (Å²) in [6.45, 7) is 11.6. The molecule has 0 amide bonds. The van der Waals surface area contributed by atoms with Crippen LogP contribution in [0.3, 0.4) is 0 Å². The minimum Gasteiger partial charge on any atom is -0.390 e. The highest BCUT2D eigenvalue weighted by Crippen LogP contribution is 2.15. The maximum absolute atomic E-state index is 9.82. The van der Waals surface area contributed by atoms with Crippen molar-refractivity contribution in [1.29, 1.82) is 0 Å². The van der Waals surface area contributed by atoms with Crippen LogP contribution < -0.4 is 5.32 Å². The normalized spacial score (nSPS) is 28.3. The first-order valence-corrected chi connectivity index (χ1v) is 5.67. The van der Waals surface area contributed by atoms with E-state index in [4.69, 9.17) is 0 Å². The van der Waals surface area contributed by atoms with Crippen LogP contribution in [-0.2, 0) is 0 Å². The molecule has 0 bridgehead atoms. The molecule has 0 spiro atoms. The molecule has 1 aliphatic rings. The number of nitrogens with one attached hydrogen (secondary N) is 1. The summed E-state index contributed by atoms with van der Waals surface area (Å²) in [5.74, 6) is 0.658. The fourth-order valence-corrected chi connectivity index (χ4v) is 2.14. The van der Waals surface area contributed by atoms with Crippen molar-refractivity contribution in [3.8, 4) is 0 Å². The predicted molar refractivity (Wildman–Crippen MR) is 59.3 cm³/mol. The van der Waals surface area contributed by atoms with Crippen LogP contribution in [0, 0.1) is 5.92 Å². The van der Waals surface area contributed by atoms with Crippen molar-refractivity contribution in [2.24, 2.45) is 5.92 Å². The lowest BCUT2D eigenvalue weighted by atomic mass is 10.1. The van der Waals surface area contributed by atoms with Crippen LogP contribution in [0.25, 0.3) is 0 Å². The Bertz CT molecular complexity index is 171. The minimum absolute atomic E-state index is 0.198. The Hall–Kier alpha value is -0.120. The summed E-state index contributed by atoms with van der Waals surface area (Å²) >= 11 is 0. The third-order valence-electron chi connectivity index (χ3n) is 2.82. The first kappa shape index (κ1) is 12.0. The molecule has 0 aromatic carbocycles. The molecular formula is C11H24N2O. The van der Waals surface area contributed by atoms with E-state index in [0.717, 1.165) is 19.6 Å². The number of rotatable bonds is 4. The second-order valence-corrected chi connectivity index (χ2v) is 4.98. The summed E-state index contributed by atoms with van der Waals surface area (Å²) in [4.78, 5) is 2.41. The van der Waals surface area contributed by atoms with Crippen molar-refractivity contribution < 1.29 is 5.11 Å². The molecule has 2 unspecified atom stereocenters. The Morgan fingerprint density at radius 1 is 1.29 bits per heavy atom. The summed E-state index contributed by atoms with van der Waals surface area (Å²) in [5, 5.41) is 13.1. The highest BCUT2D eigenvalue weighted by atomic mass is 16.3. The molecule has 0 saturated carbocycles. The zero-order valence-electron chi connectivity index (χ0n) is 9.83. The molecule has 2 atom stereocenters. The molecule has 0 aromatic rings. The molecule has 0 aliphatic carbocycles. The van der Waals surface area contributed by atoms with Gasteiger partial charge in [-0.1, -0.05) is 13.8 Å². The molecule has 84 valence electrons. The smallest absolute Gasteiger partial charge is 0.0831 e. The van der Waals surface area contributed by atoms with E-state index < -0.39 is 0 Å². The number of aliphatic hydroxyl groups is 1. The summed E-state index contributed by atoms with van der Waals surface area (Å²) in [6, 6.07) is 0.814. The van der Waals surface area contributed by atoms with Crippen LogP contribution in [0.15, 0.2) is 0 Å². The van der Waals surface area contributed by atoms with E-state index in [1.807, 2.05) is 0 Å². The molecule has 1 saturated heterocycles. The molecule has 3 heteroatoms. The summed E-state index contributed by atoms with van der Waals surface area (Å²) < 4.78 is 0. The van der Waals surface area contributed by atoms with Gasteiger partial charge >= 0.3 is 0 Å². The Labute approximate surface area is 87.5 Å². The largest absolute Gasteiger partial charge is 0.390 e. The second kappa shape index (κ2) is 5.10. The van der Waals surface area contributed by atoms with Gasteiger partial charge in [0.25, 0.3) is 0 Å². The van der Waals surface area contributed by atoms with E-state index in [9.17, 15) is 5.11 Å². The third-order valence-corrected chi connectivity index (χ3v) is 2.82. The van der Waals surface area contributed by atoms with Crippen molar-refractivity contribution in [3.05, 3.63) is 0 Å². The Kier molecular flexibility index (Phi) is 4.35. The fraction of sp³-hybridized carbons (Fsp3) is 1.00. The van der Waals surface area contributed by atoms with Crippen molar-refractivity contribution in [2.75, 3.05) is 19.6 Å². The lowest BCUT2D eigenvalue weighted by Gasteiger charge is -2.35. The topological polar surface area (TPSA) is 35.5 Å². The molecule has 0 radical (unpaired) electrons. The molecule has 0 aromatic heterocycles. The molecule has 3 nitrogen and oxygen atoms in total. The number of hydrogen-bond donors (Lipinski definition) is 2. The monoisotopic (exact) mass is 200 g/mol. The van der Waals surface area contributed by atoms with Gasteiger partial charge < -0.3 is 10.4 Å². The summed E-state index contributed by atoms with van der Waals surface area (Å²) in [6.07, 6.45) is -0.198. The van der Waals surface area contributed by atoms with Crippen LogP contribution in [0.4, 0.5) is 0 Å². The first-order valence-electron chi connectivity index (χ1n) is 5.67. The van der Waals surface area contributed by atoms with E-state index in [2.05, 4.69) is 37.9 Å². The molecule has 1 rings (SSSR count). The Balaban J connectivity index is 2.57. The maximum atomic E-state index is 9.82. The Morgan fingerprint density at radius 3 is 2.29 bits per heavy atom. The van der Waals surface area contributed by atoms with E-state index in [0.29, 0.717) is 18.0 Å². The lowest BCUT2D eigenvalue weighted by Crippen LogP contribution is -2.48.